The van der Waals surface area contributed by atoms with Gasteiger partial charge in [-0.25, -0.2) is 5.32 Å². The molecule has 1 heteroatoms. The summed E-state index contributed by atoms with van der Waals surface area (Å²) in [6.07, 6.45) is 13.9. The van der Waals surface area contributed by atoms with Crippen LogP contribution in [0, 0.1) is 0 Å². The zero-order valence-corrected chi connectivity index (χ0v) is 6.74. The van der Waals surface area contributed by atoms with Crippen molar-refractivity contribution in [3.63, 3.8) is 0 Å². The molecule has 0 aromatic heterocycles. The molecule has 0 aromatic rings. The van der Waals surface area contributed by atoms with Gasteiger partial charge < -0.3 is 0 Å². The van der Waals surface area contributed by atoms with Crippen LogP contribution >= 0.6 is 0 Å². The van der Waals surface area contributed by atoms with E-state index in [1.807, 2.05) is 0 Å². The number of hydrogen-bond donors (Lipinski definition) is 0. The van der Waals surface area contributed by atoms with Gasteiger partial charge in [-0.3, -0.25) is 0 Å². The Balaban J connectivity index is 1.80. The quantitative estimate of drug-likeness (QED) is 0.532. The molecular weight excluding hydrogens is 134 g/mol. The number of hydrogen-bond acceptors (Lipinski definition) is 0. The van der Waals surface area contributed by atoms with E-state index in [0.29, 0.717) is 12.1 Å². The van der Waals surface area contributed by atoms with Crippen LogP contribution in [0.1, 0.15) is 25.7 Å². The second kappa shape index (κ2) is 3.22. The average molecular weight is 148 g/mol. The minimum absolute atomic E-state index is 0.530. The molecule has 2 aliphatic rings. The van der Waals surface area contributed by atoms with E-state index in [0.717, 1.165) is 0 Å². The Bertz CT molecular complexity index is 161. The van der Waals surface area contributed by atoms with Gasteiger partial charge in [0.2, 0.25) is 0 Å². The van der Waals surface area contributed by atoms with E-state index < -0.39 is 0 Å². The second-order valence-electron chi connectivity index (χ2n) is 3.29. The molecule has 1 nitrogen and oxygen atoms in total. The highest BCUT2D eigenvalue weighted by molar-refractivity contribution is 5.07. The fourth-order valence-electron chi connectivity index (χ4n) is 1.73. The van der Waals surface area contributed by atoms with Gasteiger partial charge in [-0.15, -0.1) is 0 Å². The Hall–Kier alpha value is -0.560. The van der Waals surface area contributed by atoms with Gasteiger partial charge in [0.15, 0.2) is 0 Å². The summed E-state index contributed by atoms with van der Waals surface area (Å²) in [5.74, 6) is 0. The van der Waals surface area contributed by atoms with Gasteiger partial charge in [-0.1, -0.05) is 24.3 Å². The van der Waals surface area contributed by atoms with Crippen molar-refractivity contribution in [2.24, 2.45) is 0 Å². The molecule has 0 aromatic carbocycles. The van der Waals surface area contributed by atoms with E-state index in [9.17, 15) is 0 Å². The summed E-state index contributed by atoms with van der Waals surface area (Å²) >= 11 is 0. The molecule has 2 rings (SSSR count). The highest BCUT2D eigenvalue weighted by atomic mass is 14.9. The molecular formula is C10H14N. The minimum Gasteiger partial charge on any atom is -0.227 e. The second-order valence-corrected chi connectivity index (χ2v) is 3.29. The van der Waals surface area contributed by atoms with Crippen molar-refractivity contribution < 1.29 is 0 Å². The molecule has 0 fully saturated rings. The fourth-order valence-corrected chi connectivity index (χ4v) is 1.73. The van der Waals surface area contributed by atoms with Gasteiger partial charge in [0, 0.05) is 12.1 Å². The maximum Gasteiger partial charge on any atom is 0.0435 e. The van der Waals surface area contributed by atoms with E-state index in [-0.39, 0.29) is 0 Å². The van der Waals surface area contributed by atoms with Crippen molar-refractivity contribution >= 4 is 0 Å². The summed E-state index contributed by atoms with van der Waals surface area (Å²) in [7, 11) is 0. The van der Waals surface area contributed by atoms with Crippen LogP contribution in [0.3, 0.4) is 0 Å². The molecule has 2 atom stereocenters. The average Bonchev–Trinajstić information content (AvgIpc) is 2.60. The summed E-state index contributed by atoms with van der Waals surface area (Å²) in [4.78, 5) is 0. The SMILES string of the molecule is C1=CC([N]C2C=CCC2)CC1. The van der Waals surface area contributed by atoms with E-state index in [1.165, 1.54) is 25.7 Å². The summed E-state index contributed by atoms with van der Waals surface area (Å²) in [6, 6.07) is 1.06. The monoisotopic (exact) mass is 148 g/mol. The smallest absolute Gasteiger partial charge is 0.0435 e. The van der Waals surface area contributed by atoms with Crippen LogP contribution in [0.25, 0.3) is 0 Å². The lowest BCUT2D eigenvalue weighted by molar-refractivity contribution is 0.503. The molecule has 0 spiro atoms. The predicted octanol–water partition coefficient (Wildman–Crippen LogP) is 2.03. The molecule has 0 aliphatic heterocycles. The molecule has 0 saturated carbocycles. The maximum absolute atomic E-state index is 4.70. The van der Waals surface area contributed by atoms with E-state index >= 15 is 0 Å². The Kier molecular flexibility index (Phi) is 2.08. The molecule has 0 heterocycles. The van der Waals surface area contributed by atoms with Gasteiger partial charge in [-0.2, -0.15) is 0 Å². The third-order valence-corrected chi connectivity index (χ3v) is 2.36. The van der Waals surface area contributed by atoms with E-state index in [2.05, 4.69) is 24.3 Å². The Morgan fingerprint density at radius 2 is 1.45 bits per heavy atom. The van der Waals surface area contributed by atoms with Crippen molar-refractivity contribution in [3.8, 4) is 0 Å². The molecule has 0 N–H and O–H groups in total. The first kappa shape index (κ1) is 7.11. The molecule has 2 unspecified atom stereocenters. The third-order valence-electron chi connectivity index (χ3n) is 2.36. The van der Waals surface area contributed by atoms with Gasteiger partial charge >= 0.3 is 0 Å². The Morgan fingerprint density at radius 3 is 1.82 bits per heavy atom. The van der Waals surface area contributed by atoms with Crippen molar-refractivity contribution in [1.82, 2.24) is 5.32 Å². The normalized spacial score (nSPS) is 35.3. The maximum atomic E-state index is 4.70. The van der Waals surface area contributed by atoms with Gasteiger partial charge in [0.1, 0.15) is 0 Å². The molecule has 11 heavy (non-hydrogen) atoms. The lowest BCUT2D eigenvalue weighted by Gasteiger charge is -2.12. The summed E-state index contributed by atoms with van der Waals surface area (Å²) in [5, 5.41) is 4.70. The largest absolute Gasteiger partial charge is 0.227 e. The number of rotatable bonds is 2. The van der Waals surface area contributed by atoms with Crippen LogP contribution in [0.2, 0.25) is 0 Å². The first-order valence-electron chi connectivity index (χ1n) is 4.48. The molecule has 0 amide bonds. The molecule has 0 bridgehead atoms. The Morgan fingerprint density at radius 1 is 0.909 bits per heavy atom. The van der Waals surface area contributed by atoms with Crippen LogP contribution in [0.4, 0.5) is 0 Å². The van der Waals surface area contributed by atoms with E-state index in [4.69, 9.17) is 5.32 Å². The molecule has 1 radical (unpaired) electrons. The first-order chi connectivity index (χ1) is 5.45. The molecule has 0 saturated heterocycles. The number of allylic oxidation sites excluding steroid dienone is 2. The highest BCUT2D eigenvalue weighted by Gasteiger charge is 2.16. The molecule has 59 valence electrons. The zero-order valence-electron chi connectivity index (χ0n) is 6.74. The van der Waals surface area contributed by atoms with E-state index in [1.54, 1.807) is 0 Å². The van der Waals surface area contributed by atoms with Crippen molar-refractivity contribution in [2.45, 2.75) is 37.8 Å². The highest BCUT2D eigenvalue weighted by Crippen LogP contribution is 2.16. The van der Waals surface area contributed by atoms with Gasteiger partial charge in [0.05, 0.1) is 0 Å². The predicted molar refractivity (Wildman–Crippen MR) is 46.5 cm³/mol. The van der Waals surface area contributed by atoms with Crippen molar-refractivity contribution in [1.29, 1.82) is 0 Å². The standard InChI is InChI=1S/C10H14N/c1-2-6-9(5-1)11-10-7-3-4-8-10/h1,3,5,7,9-10H,2,4,6,8H2. The lowest BCUT2D eigenvalue weighted by atomic mass is 10.2. The van der Waals surface area contributed by atoms with Crippen molar-refractivity contribution in [2.75, 3.05) is 0 Å². The summed E-state index contributed by atoms with van der Waals surface area (Å²) in [6.45, 7) is 0. The fraction of sp³-hybridized carbons (Fsp3) is 0.600. The van der Waals surface area contributed by atoms with Crippen LogP contribution in [0.5, 0.6) is 0 Å². The van der Waals surface area contributed by atoms with Crippen LogP contribution in [-0.4, -0.2) is 12.1 Å². The minimum atomic E-state index is 0.530. The summed E-state index contributed by atoms with van der Waals surface area (Å²) < 4.78 is 0. The van der Waals surface area contributed by atoms with Crippen LogP contribution in [-0.2, 0) is 0 Å². The Labute approximate surface area is 68.2 Å². The van der Waals surface area contributed by atoms with Crippen LogP contribution < -0.4 is 5.32 Å². The first-order valence-corrected chi connectivity index (χ1v) is 4.48. The zero-order chi connectivity index (χ0) is 7.52. The third kappa shape index (κ3) is 1.72. The van der Waals surface area contributed by atoms with Crippen LogP contribution in [0.15, 0.2) is 24.3 Å². The van der Waals surface area contributed by atoms with Crippen molar-refractivity contribution in [3.05, 3.63) is 24.3 Å². The summed E-state index contributed by atoms with van der Waals surface area (Å²) in [5.41, 5.74) is 0. The molecule has 2 aliphatic carbocycles. The lowest BCUT2D eigenvalue weighted by Crippen LogP contribution is -2.25. The topological polar surface area (TPSA) is 14.1 Å². The van der Waals surface area contributed by atoms with Gasteiger partial charge in [-0.05, 0) is 25.7 Å². The number of nitrogens with zero attached hydrogens (tertiary/aromatic N) is 1. The van der Waals surface area contributed by atoms with Gasteiger partial charge in [0.25, 0.3) is 0 Å².